The Hall–Kier alpha value is -3.68. The minimum absolute atomic E-state index is 0.0549. The van der Waals surface area contributed by atoms with E-state index in [9.17, 15) is 14.9 Å². The summed E-state index contributed by atoms with van der Waals surface area (Å²) in [7, 11) is 0. The average molecular weight is 338 g/mol. The van der Waals surface area contributed by atoms with Crippen LogP contribution in [0.2, 0.25) is 0 Å². The van der Waals surface area contributed by atoms with Crippen molar-refractivity contribution in [2.75, 3.05) is 5.32 Å². The number of hydrogen-bond donors (Lipinski definition) is 2. The monoisotopic (exact) mass is 338 g/mol. The molecule has 25 heavy (non-hydrogen) atoms. The number of nitrogens with one attached hydrogen (secondary N) is 2. The molecule has 0 saturated heterocycles. The quantitative estimate of drug-likeness (QED) is 0.546. The van der Waals surface area contributed by atoms with Crippen LogP contribution >= 0.6 is 0 Å². The Morgan fingerprint density at radius 2 is 1.84 bits per heavy atom. The number of aromatic nitrogens is 1. The van der Waals surface area contributed by atoms with Crippen molar-refractivity contribution >= 4 is 17.4 Å². The van der Waals surface area contributed by atoms with Gasteiger partial charge in [-0.1, -0.05) is 42.5 Å². The summed E-state index contributed by atoms with van der Waals surface area (Å²) in [6.07, 6.45) is 1.58. The fourth-order valence-electron chi connectivity index (χ4n) is 2.19. The van der Waals surface area contributed by atoms with Crippen LogP contribution in [0.1, 0.15) is 5.89 Å². The second-order valence-corrected chi connectivity index (χ2v) is 5.07. The minimum atomic E-state index is -0.589. The molecule has 126 valence electrons. The molecule has 0 unspecified atom stereocenters. The van der Waals surface area contributed by atoms with Crippen LogP contribution in [0.25, 0.3) is 11.3 Å². The van der Waals surface area contributed by atoms with E-state index in [4.69, 9.17) is 4.42 Å². The van der Waals surface area contributed by atoms with Gasteiger partial charge in [0.2, 0.25) is 5.89 Å². The predicted molar refractivity (Wildman–Crippen MR) is 90.9 cm³/mol. The third-order valence-corrected chi connectivity index (χ3v) is 3.36. The van der Waals surface area contributed by atoms with Gasteiger partial charge in [0.1, 0.15) is 5.69 Å². The highest BCUT2D eigenvalue weighted by atomic mass is 16.6. The van der Waals surface area contributed by atoms with Crippen molar-refractivity contribution < 1.29 is 14.1 Å². The fraction of sp³-hybridized carbons (Fsp3) is 0.0588. The Labute approximate surface area is 142 Å². The molecule has 0 aliphatic heterocycles. The zero-order valence-corrected chi connectivity index (χ0v) is 13.0. The second-order valence-electron chi connectivity index (χ2n) is 5.07. The van der Waals surface area contributed by atoms with Gasteiger partial charge < -0.3 is 15.1 Å². The molecule has 3 rings (SSSR count). The summed E-state index contributed by atoms with van der Waals surface area (Å²) in [5.74, 6) is 0.924. The molecule has 0 saturated carbocycles. The number of nitrogens with zero attached hydrogens (tertiary/aromatic N) is 2. The Morgan fingerprint density at radius 3 is 2.60 bits per heavy atom. The van der Waals surface area contributed by atoms with Gasteiger partial charge in [-0.05, 0) is 6.07 Å². The maximum Gasteiger partial charge on any atom is 0.319 e. The van der Waals surface area contributed by atoms with Crippen LogP contribution in [0.4, 0.5) is 16.2 Å². The molecule has 2 amide bonds. The maximum absolute atomic E-state index is 11.9. The smallest absolute Gasteiger partial charge is 0.319 e. The van der Waals surface area contributed by atoms with Gasteiger partial charge in [-0.25, -0.2) is 9.78 Å². The van der Waals surface area contributed by atoms with Crippen molar-refractivity contribution in [3.8, 4) is 11.3 Å². The van der Waals surface area contributed by atoms with Crippen molar-refractivity contribution in [1.82, 2.24) is 10.3 Å². The van der Waals surface area contributed by atoms with E-state index in [1.807, 2.05) is 30.3 Å². The second kappa shape index (κ2) is 7.26. The number of rotatable bonds is 5. The summed E-state index contributed by atoms with van der Waals surface area (Å²) >= 11 is 0. The highest BCUT2D eigenvalue weighted by Gasteiger charge is 2.15. The van der Waals surface area contributed by atoms with Gasteiger partial charge in [-0.3, -0.25) is 10.1 Å². The van der Waals surface area contributed by atoms with Crippen molar-refractivity contribution in [3.63, 3.8) is 0 Å². The first-order valence-electron chi connectivity index (χ1n) is 7.42. The Balaban J connectivity index is 1.60. The lowest BCUT2D eigenvalue weighted by atomic mass is 10.2. The molecule has 2 N–H and O–H groups in total. The maximum atomic E-state index is 11.9. The summed E-state index contributed by atoms with van der Waals surface area (Å²) < 4.78 is 5.57. The number of amides is 2. The van der Waals surface area contributed by atoms with Crippen LogP contribution in [0.15, 0.2) is 65.2 Å². The van der Waals surface area contributed by atoms with E-state index < -0.39 is 11.0 Å². The third-order valence-electron chi connectivity index (χ3n) is 3.36. The first-order chi connectivity index (χ1) is 12.1. The largest absolute Gasteiger partial charge is 0.439 e. The molecule has 0 radical (unpaired) electrons. The fourth-order valence-corrected chi connectivity index (χ4v) is 2.19. The Morgan fingerprint density at radius 1 is 1.12 bits per heavy atom. The normalized spacial score (nSPS) is 10.2. The van der Waals surface area contributed by atoms with E-state index in [0.717, 1.165) is 5.56 Å². The van der Waals surface area contributed by atoms with E-state index in [2.05, 4.69) is 15.6 Å². The van der Waals surface area contributed by atoms with Gasteiger partial charge in [-0.2, -0.15) is 0 Å². The standard InChI is InChI=1S/C17H14N4O4/c22-17(20-13-8-4-5-9-14(13)21(23)24)19-11-16-18-10-15(25-16)12-6-2-1-3-7-12/h1-10H,11H2,(H2,19,20,22). The molecule has 3 aromatic rings. The van der Waals surface area contributed by atoms with E-state index in [0.29, 0.717) is 11.7 Å². The number of oxazole rings is 1. The number of anilines is 1. The molecule has 1 heterocycles. The number of carbonyl (C=O) groups excluding carboxylic acids is 1. The SMILES string of the molecule is O=C(NCc1ncc(-c2ccccc2)o1)Nc1ccccc1[N+](=O)[O-]. The highest BCUT2D eigenvalue weighted by molar-refractivity contribution is 5.91. The molecule has 8 heteroatoms. The molecule has 0 bridgehead atoms. The molecule has 0 atom stereocenters. The number of carbonyl (C=O) groups is 1. The summed E-state index contributed by atoms with van der Waals surface area (Å²) in [5.41, 5.74) is 0.813. The third kappa shape index (κ3) is 3.99. The van der Waals surface area contributed by atoms with Crippen LogP contribution in [0, 0.1) is 10.1 Å². The molecular formula is C17H14N4O4. The molecule has 0 aliphatic carbocycles. The number of para-hydroxylation sites is 2. The molecular weight excluding hydrogens is 324 g/mol. The topological polar surface area (TPSA) is 110 Å². The van der Waals surface area contributed by atoms with E-state index in [-0.39, 0.29) is 17.9 Å². The molecule has 1 aromatic heterocycles. The number of hydrogen-bond acceptors (Lipinski definition) is 5. The Kier molecular flexibility index (Phi) is 4.70. The van der Waals surface area contributed by atoms with Crippen LogP contribution in [-0.4, -0.2) is 15.9 Å². The Bertz CT molecular complexity index is 892. The number of nitro benzene ring substituents is 1. The van der Waals surface area contributed by atoms with Gasteiger partial charge >= 0.3 is 6.03 Å². The average Bonchev–Trinajstić information content (AvgIpc) is 3.10. The van der Waals surface area contributed by atoms with E-state index in [1.54, 1.807) is 12.3 Å². The number of urea groups is 1. The van der Waals surface area contributed by atoms with Crippen LogP contribution in [0.3, 0.4) is 0 Å². The zero-order valence-electron chi connectivity index (χ0n) is 13.0. The number of nitro groups is 1. The van der Waals surface area contributed by atoms with Gasteiger partial charge in [0, 0.05) is 11.6 Å². The van der Waals surface area contributed by atoms with Gasteiger partial charge in [0.25, 0.3) is 5.69 Å². The van der Waals surface area contributed by atoms with Crippen LogP contribution in [0.5, 0.6) is 0 Å². The molecule has 2 aromatic carbocycles. The highest BCUT2D eigenvalue weighted by Crippen LogP contribution is 2.23. The van der Waals surface area contributed by atoms with Crippen molar-refractivity contribution in [2.45, 2.75) is 6.54 Å². The van der Waals surface area contributed by atoms with E-state index in [1.165, 1.54) is 18.2 Å². The molecule has 0 spiro atoms. The summed E-state index contributed by atoms with van der Waals surface area (Å²) in [6, 6.07) is 14.8. The summed E-state index contributed by atoms with van der Waals surface area (Å²) in [6.45, 7) is 0.0549. The van der Waals surface area contributed by atoms with Crippen molar-refractivity contribution in [3.05, 3.63) is 76.8 Å². The lowest BCUT2D eigenvalue weighted by molar-refractivity contribution is -0.383. The minimum Gasteiger partial charge on any atom is -0.439 e. The van der Waals surface area contributed by atoms with E-state index >= 15 is 0 Å². The summed E-state index contributed by atoms with van der Waals surface area (Å²) in [4.78, 5) is 26.4. The molecule has 0 fully saturated rings. The van der Waals surface area contributed by atoms with Gasteiger partial charge in [-0.15, -0.1) is 0 Å². The molecule has 0 aliphatic rings. The lowest BCUT2D eigenvalue weighted by Gasteiger charge is -2.06. The first kappa shape index (κ1) is 16.2. The lowest BCUT2D eigenvalue weighted by Crippen LogP contribution is -2.28. The number of benzene rings is 2. The van der Waals surface area contributed by atoms with Gasteiger partial charge in [0.15, 0.2) is 5.76 Å². The van der Waals surface area contributed by atoms with Crippen molar-refractivity contribution in [1.29, 1.82) is 0 Å². The van der Waals surface area contributed by atoms with Crippen LogP contribution < -0.4 is 10.6 Å². The molecule has 8 nitrogen and oxygen atoms in total. The van der Waals surface area contributed by atoms with Crippen LogP contribution in [-0.2, 0) is 6.54 Å². The first-order valence-corrected chi connectivity index (χ1v) is 7.42. The summed E-state index contributed by atoms with van der Waals surface area (Å²) in [5, 5.41) is 15.9. The van der Waals surface area contributed by atoms with Crippen molar-refractivity contribution in [2.24, 2.45) is 0 Å². The van der Waals surface area contributed by atoms with Gasteiger partial charge in [0.05, 0.1) is 17.7 Å². The predicted octanol–water partition coefficient (Wildman–Crippen LogP) is 3.57. The zero-order chi connectivity index (χ0) is 17.6.